The maximum atomic E-state index is 4.57. The van der Waals surface area contributed by atoms with Gasteiger partial charge in [0.05, 0.1) is 5.69 Å². The number of hydrogen-bond donors (Lipinski definition) is 1. The third-order valence-electron chi connectivity index (χ3n) is 3.75. The van der Waals surface area contributed by atoms with Crippen LogP contribution in [0.25, 0.3) is 0 Å². The van der Waals surface area contributed by atoms with Crippen LogP contribution in [-0.4, -0.2) is 41.1 Å². The Morgan fingerprint density at radius 2 is 2.11 bits per heavy atom. The Labute approximate surface area is 110 Å². The van der Waals surface area contributed by atoms with Gasteiger partial charge in [-0.05, 0) is 52.2 Å². The summed E-state index contributed by atoms with van der Waals surface area (Å²) in [5, 5.41) is 3.54. The number of aromatic nitrogens is 2. The van der Waals surface area contributed by atoms with E-state index in [4.69, 9.17) is 0 Å². The van der Waals surface area contributed by atoms with E-state index in [1.807, 2.05) is 0 Å². The smallest absolute Gasteiger partial charge is 0.203 e. The van der Waals surface area contributed by atoms with E-state index in [1.165, 1.54) is 25.9 Å². The SMILES string of the molecule is CCCn1cc(C)nc1NCC1CCN(C)CC1. The summed E-state index contributed by atoms with van der Waals surface area (Å²) in [7, 11) is 2.21. The molecule has 102 valence electrons. The summed E-state index contributed by atoms with van der Waals surface area (Å²) in [6.07, 6.45) is 5.90. The molecular formula is C14H26N4. The lowest BCUT2D eigenvalue weighted by molar-refractivity contribution is 0.226. The zero-order chi connectivity index (χ0) is 13.0. The van der Waals surface area contributed by atoms with Gasteiger partial charge in [0.2, 0.25) is 5.95 Å². The molecule has 0 saturated carbocycles. The van der Waals surface area contributed by atoms with Gasteiger partial charge >= 0.3 is 0 Å². The fraction of sp³-hybridized carbons (Fsp3) is 0.786. The monoisotopic (exact) mass is 250 g/mol. The second-order valence-electron chi connectivity index (χ2n) is 5.53. The van der Waals surface area contributed by atoms with Gasteiger partial charge in [0.1, 0.15) is 0 Å². The van der Waals surface area contributed by atoms with Crippen LogP contribution >= 0.6 is 0 Å². The van der Waals surface area contributed by atoms with Crippen molar-refractivity contribution in [1.29, 1.82) is 0 Å². The molecule has 0 unspecified atom stereocenters. The number of likely N-dealkylation sites (tertiary alicyclic amines) is 1. The number of hydrogen-bond acceptors (Lipinski definition) is 3. The van der Waals surface area contributed by atoms with Crippen molar-refractivity contribution in [3.05, 3.63) is 11.9 Å². The average Bonchev–Trinajstić information content (AvgIpc) is 2.70. The molecule has 2 rings (SSSR count). The van der Waals surface area contributed by atoms with E-state index in [9.17, 15) is 0 Å². The highest BCUT2D eigenvalue weighted by atomic mass is 15.2. The highest BCUT2D eigenvalue weighted by Gasteiger charge is 2.17. The fourth-order valence-electron chi connectivity index (χ4n) is 2.60. The number of anilines is 1. The molecule has 1 fully saturated rings. The highest BCUT2D eigenvalue weighted by molar-refractivity contribution is 5.28. The van der Waals surface area contributed by atoms with Crippen molar-refractivity contribution in [3.63, 3.8) is 0 Å². The highest BCUT2D eigenvalue weighted by Crippen LogP contribution is 2.17. The van der Waals surface area contributed by atoms with Crippen LogP contribution < -0.4 is 5.32 Å². The summed E-state index contributed by atoms with van der Waals surface area (Å²) >= 11 is 0. The van der Waals surface area contributed by atoms with E-state index >= 15 is 0 Å². The van der Waals surface area contributed by atoms with Crippen LogP contribution in [0.3, 0.4) is 0 Å². The number of rotatable bonds is 5. The number of nitrogens with zero attached hydrogens (tertiary/aromatic N) is 3. The minimum absolute atomic E-state index is 0.799. The van der Waals surface area contributed by atoms with Crippen LogP contribution in [0.2, 0.25) is 0 Å². The van der Waals surface area contributed by atoms with Gasteiger partial charge in [-0.2, -0.15) is 0 Å². The molecule has 1 aromatic rings. The molecular weight excluding hydrogens is 224 g/mol. The first kappa shape index (κ1) is 13.4. The third kappa shape index (κ3) is 3.48. The summed E-state index contributed by atoms with van der Waals surface area (Å²) < 4.78 is 2.24. The Balaban J connectivity index is 1.85. The van der Waals surface area contributed by atoms with Crippen molar-refractivity contribution >= 4 is 5.95 Å². The lowest BCUT2D eigenvalue weighted by Gasteiger charge is -2.29. The first-order chi connectivity index (χ1) is 8.69. The molecule has 0 amide bonds. The van der Waals surface area contributed by atoms with Crippen LogP contribution in [0.5, 0.6) is 0 Å². The van der Waals surface area contributed by atoms with E-state index in [1.54, 1.807) is 0 Å². The standard InChI is InChI=1S/C14H26N4/c1-4-7-18-11-12(2)16-14(18)15-10-13-5-8-17(3)9-6-13/h11,13H,4-10H2,1-3H3,(H,15,16). The largest absolute Gasteiger partial charge is 0.355 e. The van der Waals surface area contributed by atoms with Crippen LogP contribution in [0.4, 0.5) is 5.95 Å². The van der Waals surface area contributed by atoms with E-state index in [2.05, 4.69) is 46.9 Å². The molecule has 1 aromatic heterocycles. The summed E-state index contributed by atoms with van der Waals surface area (Å²) in [5.74, 6) is 1.85. The molecule has 0 spiro atoms. The Morgan fingerprint density at radius 1 is 1.39 bits per heavy atom. The molecule has 4 heteroatoms. The lowest BCUT2D eigenvalue weighted by atomic mass is 9.97. The van der Waals surface area contributed by atoms with Crippen molar-refractivity contribution in [2.75, 3.05) is 32.0 Å². The summed E-state index contributed by atoms with van der Waals surface area (Å²) in [4.78, 5) is 6.99. The maximum absolute atomic E-state index is 4.57. The fourth-order valence-corrected chi connectivity index (χ4v) is 2.60. The van der Waals surface area contributed by atoms with E-state index < -0.39 is 0 Å². The van der Waals surface area contributed by atoms with Crippen LogP contribution in [-0.2, 0) is 6.54 Å². The molecule has 0 bridgehead atoms. The molecule has 2 heterocycles. The second kappa shape index (κ2) is 6.23. The van der Waals surface area contributed by atoms with Crippen molar-refractivity contribution in [1.82, 2.24) is 14.5 Å². The van der Waals surface area contributed by atoms with Crippen molar-refractivity contribution in [2.24, 2.45) is 5.92 Å². The number of aryl methyl sites for hydroxylation is 2. The van der Waals surface area contributed by atoms with Gasteiger partial charge in [-0.25, -0.2) is 4.98 Å². The van der Waals surface area contributed by atoms with Gasteiger partial charge in [-0.3, -0.25) is 0 Å². The zero-order valence-corrected chi connectivity index (χ0v) is 11.9. The first-order valence-electron chi connectivity index (χ1n) is 7.15. The molecule has 0 aliphatic carbocycles. The number of imidazole rings is 1. The quantitative estimate of drug-likeness (QED) is 0.871. The normalized spacial score (nSPS) is 18.2. The van der Waals surface area contributed by atoms with Gasteiger partial charge in [0, 0.05) is 19.3 Å². The van der Waals surface area contributed by atoms with Gasteiger partial charge in [-0.1, -0.05) is 6.92 Å². The lowest BCUT2D eigenvalue weighted by Crippen LogP contribution is -2.33. The number of nitrogens with one attached hydrogen (secondary N) is 1. The van der Waals surface area contributed by atoms with E-state index in [0.29, 0.717) is 0 Å². The molecule has 1 aliphatic heterocycles. The minimum Gasteiger partial charge on any atom is -0.355 e. The predicted octanol–water partition coefficient (Wildman–Crippen LogP) is 2.36. The predicted molar refractivity (Wildman–Crippen MR) is 76.0 cm³/mol. The molecule has 1 aliphatic rings. The Kier molecular flexibility index (Phi) is 4.64. The van der Waals surface area contributed by atoms with E-state index in [0.717, 1.165) is 37.1 Å². The van der Waals surface area contributed by atoms with Gasteiger partial charge in [0.15, 0.2) is 0 Å². The molecule has 0 atom stereocenters. The average molecular weight is 250 g/mol. The Morgan fingerprint density at radius 3 is 2.78 bits per heavy atom. The van der Waals surface area contributed by atoms with Gasteiger partial charge in [0.25, 0.3) is 0 Å². The topological polar surface area (TPSA) is 33.1 Å². The van der Waals surface area contributed by atoms with Crippen molar-refractivity contribution in [2.45, 2.75) is 39.7 Å². The molecule has 0 aromatic carbocycles. The zero-order valence-electron chi connectivity index (χ0n) is 11.9. The number of piperidine rings is 1. The molecule has 1 saturated heterocycles. The van der Waals surface area contributed by atoms with Gasteiger partial charge in [-0.15, -0.1) is 0 Å². The molecule has 4 nitrogen and oxygen atoms in total. The molecule has 1 N–H and O–H groups in total. The van der Waals surface area contributed by atoms with Crippen LogP contribution in [0.15, 0.2) is 6.20 Å². The summed E-state index contributed by atoms with van der Waals surface area (Å²) in [5.41, 5.74) is 1.11. The van der Waals surface area contributed by atoms with Crippen molar-refractivity contribution < 1.29 is 0 Å². The van der Waals surface area contributed by atoms with Crippen molar-refractivity contribution in [3.8, 4) is 0 Å². The third-order valence-corrected chi connectivity index (χ3v) is 3.75. The molecule has 18 heavy (non-hydrogen) atoms. The second-order valence-corrected chi connectivity index (χ2v) is 5.53. The van der Waals surface area contributed by atoms with Crippen LogP contribution in [0.1, 0.15) is 31.9 Å². The Hall–Kier alpha value is -1.03. The Bertz CT molecular complexity index is 364. The maximum Gasteiger partial charge on any atom is 0.203 e. The summed E-state index contributed by atoms with van der Waals surface area (Å²) in [6, 6.07) is 0. The molecule has 0 radical (unpaired) electrons. The minimum atomic E-state index is 0.799. The van der Waals surface area contributed by atoms with Gasteiger partial charge < -0.3 is 14.8 Å². The van der Waals surface area contributed by atoms with Crippen LogP contribution in [0, 0.1) is 12.8 Å². The first-order valence-corrected chi connectivity index (χ1v) is 7.15. The van der Waals surface area contributed by atoms with E-state index in [-0.39, 0.29) is 0 Å². The summed E-state index contributed by atoms with van der Waals surface area (Å²) in [6.45, 7) is 8.84.